The first kappa shape index (κ1) is 20.3. The van der Waals surface area contributed by atoms with E-state index >= 15 is 0 Å². The van der Waals surface area contributed by atoms with Crippen LogP contribution in [0.2, 0.25) is 0 Å². The summed E-state index contributed by atoms with van der Waals surface area (Å²) in [4.78, 5) is 9.13. The minimum absolute atomic E-state index is 0.130. The first-order valence-corrected chi connectivity index (χ1v) is 10.3. The molecular weight excluding hydrogens is 411 g/mol. The monoisotopic (exact) mass is 434 g/mol. The molecule has 1 fully saturated rings. The minimum Gasteiger partial charge on any atom is -0.493 e. The number of methoxy groups -OCH3 is 1. The standard InChI is InChI=1S/C24H23FN4O3/c1-24(30)12-15(13-24)23-28-20(21-22(26)27-8-9-29(21)23)14-6-7-18(19(10-14)31-2)32-17-5-3-4-16(25)11-17/h3-11,15,30H,12-13H2,1-2H3,(H2,26,27). The summed E-state index contributed by atoms with van der Waals surface area (Å²) in [7, 11) is 1.54. The highest BCUT2D eigenvalue weighted by atomic mass is 19.1. The summed E-state index contributed by atoms with van der Waals surface area (Å²) in [6.45, 7) is 1.83. The summed E-state index contributed by atoms with van der Waals surface area (Å²) in [6, 6.07) is 11.3. The molecule has 32 heavy (non-hydrogen) atoms. The number of nitrogen functional groups attached to an aromatic ring is 1. The molecule has 2 heterocycles. The second-order valence-corrected chi connectivity index (χ2v) is 8.38. The van der Waals surface area contributed by atoms with Crippen molar-refractivity contribution in [1.29, 1.82) is 0 Å². The van der Waals surface area contributed by atoms with Gasteiger partial charge in [0.05, 0.1) is 12.7 Å². The van der Waals surface area contributed by atoms with Gasteiger partial charge in [0, 0.05) is 29.9 Å². The molecule has 164 valence electrons. The predicted octanol–water partition coefficient (Wildman–Crippen LogP) is 4.55. The highest BCUT2D eigenvalue weighted by Crippen LogP contribution is 2.46. The second-order valence-electron chi connectivity index (χ2n) is 8.38. The first-order chi connectivity index (χ1) is 15.3. The number of rotatable bonds is 5. The van der Waals surface area contributed by atoms with Crippen LogP contribution in [0.25, 0.3) is 16.8 Å². The molecule has 0 spiro atoms. The molecule has 0 bridgehead atoms. The van der Waals surface area contributed by atoms with Gasteiger partial charge in [-0.2, -0.15) is 0 Å². The number of anilines is 1. The Kier molecular flexibility index (Phi) is 4.74. The van der Waals surface area contributed by atoms with Gasteiger partial charge in [-0.1, -0.05) is 6.07 Å². The van der Waals surface area contributed by atoms with E-state index in [9.17, 15) is 9.50 Å². The van der Waals surface area contributed by atoms with Crippen LogP contribution in [0.5, 0.6) is 17.2 Å². The topological polar surface area (TPSA) is 94.9 Å². The van der Waals surface area contributed by atoms with Crippen LogP contribution >= 0.6 is 0 Å². The number of aliphatic hydroxyl groups is 1. The average Bonchev–Trinajstić information content (AvgIpc) is 3.13. The van der Waals surface area contributed by atoms with Gasteiger partial charge < -0.3 is 20.3 Å². The maximum Gasteiger partial charge on any atom is 0.169 e. The number of aromatic nitrogens is 3. The van der Waals surface area contributed by atoms with Crippen LogP contribution in [0.15, 0.2) is 54.9 Å². The highest BCUT2D eigenvalue weighted by Gasteiger charge is 2.41. The van der Waals surface area contributed by atoms with Crippen LogP contribution < -0.4 is 15.2 Å². The summed E-state index contributed by atoms with van der Waals surface area (Å²) in [5.74, 6) is 2.26. The molecule has 4 aromatic rings. The Morgan fingerprint density at radius 3 is 2.72 bits per heavy atom. The molecule has 0 amide bonds. The van der Waals surface area contributed by atoms with Crippen molar-refractivity contribution in [1.82, 2.24) is 14.4 Å². The van der Waals surface area contributed by atoms with Crippen molar-refractivity contribution in [3.8, 4) is 28.5 Å². The second kappa shape index (κ2) is 7.49. The van der Waals surface area contributed by atoms with Crippen molar-refractivity contribution in [2.45, 2.75) is 31.3 Å². The molecule has 8 heteroatoms. The molecule has 1 aliphatic carbocycles. The lowest BCUT2D eigenvalue weighted by Gasteiger charge is -2.40. The Hall–Kier alpha value is -3.65. The Balaban J connectivity index is 1.57. The van der Waals surface area contributed by atoms with Crippen LogP contribution in [0.4, 0.5) is 10.2 Å². The van der Waals surface area contributed by atoms with Gasteiger partial charge in [-0.05, 0) is 50.1 Å². The summed E-state index contributed by atoms with van der Waals surface area (Å²) in [5, 5.41) is 10.2. The minimum atomic E-state index is -0.672. The molecule has 0 unspecified atom stereocenters. The number of hydrogen-bond donors (Lipinski definition) is 2. The Morgan fingerprint density at radius 2 is 2.00 bits per heavy atom. The van der Waals surface area contributed by atoms with E-state index in [4.69, 9.17) is 20.2 Å². The van der Waals surface area contributed by atoms with Crippen molar-refractivity contribution < 1.29 is 19.0 Å². The molecule has 7 nitrogen and oxygen atoms in total. The largest absolute Gasteiger partial charge is 0.493 e. The van der Waals surface area contributed by atoms with Gasteiger partial charge >= 0.3 is 0 Å². The normalized spacial score (nSPS) is 20.2. The molecule has 3 N–H and O–H groups in total. The fourth-order valence-electron chi connectivity index (χ4n) is 4.32. The fraction of sp³-hybridized carbons (Fsp3) is 0.250. The van der Waals surface area contributed by atoms with Gasteiger partial charge in [0.25, 0.3) is 0 Å². The maximum absolute atomic E-state index is 13.5. The quantitative estimate of drug-likeness (QED) is 0.479. The Bertz CT molecular complexity index is 1310. The molecule has 1 aliphatic rings. The Labute approximate surface area is 184 Å². The number of ether oxygens (including phenoxy) is 2. The van der Waals surface area contributed by atoms with Crippen molar-refractivity contribution in [2.24, 2.45) is 0 Å². The molecule has 2 aromatic heterocycles. The van der Waals surface area contributed by atoms with Crippen molar-refractivity contribution in [3.63, 3.8) is 0 Å². The maximum atomic E-state index is 13.5. The van der Waals surface area contributed by atoms with Gasteiger partial charge in [0.2, 0.25) is 0 Å². The van der Waals surface area contributed by atoms with E-state index in [0.717, 1.165) is 11.4 Å². The third-order valence-corrected chi connectivity index (χ3v) is 5.81. The number of benzene rings is 2. The van der Waals surface area contributed by atoms with Crippen LogP contribution in [0.1, 0.15) is 31.5 Å². The summed E-state index contributed by atoms with van der Waals surface area (Å²) in [5.41, 5.74) is 7.71. The third-order valence-electron chi connectivity index (χ3n) is 5.81. The summed E-state index contributed by atoms with van der Waals surface area (Å²) < 4.78 is 26.8. The molecule has 0 radical (unpaired) electrons. The lowest BCUT2D eigenvalue weighted by Crippen LogP contribution is -2.40. The number of nitrogens with two attached hydrogens (primary N) is 1. The number of fused-ring (bicyclic) bond motifs is 1. The first-order valence-electron chi connectivity index (χ1n) is 10.3. The van der Waals surface area contributed by atoms with E-state index in [1.165, 1.54) is 12.1 Å². The van der Waals surface area contributed by atoms with Gasteiger partial charge in [0.1, 0.15) is 34.4 Å². The summed E-state index contributed by atoms with van der Waals surface area (Å²) >= 11 is 0. The fourth-order valence-corrected chi connectivity index (χ4v) is 4.32. The molecule has 5 rings (SSSR count). The van der Waals surface area contributed by atoms with E-state index in [-0.39, 0.29) is 11.7 Å². The van der Waals surface area contributed by atoms with Gasteiger partial charge in [-0.3, -0.25) is 4.40 Å². The molecule has 2 aromatic carbocycles. The van der Waals surface area contributed by atoms with Crippen molar-refractivity contribution in [3.05, 3.63) is 66.5 Å². The zero-order valence-corrected chi connectivity index (χ0v) is 17.7. The molecule has 0 saturated heterocycles. The van der Waals surface area contributed by atoms with Crippen LogP contribution in [-0.2, 0) is 0 Å². The highest BCUT2D eigenvalue weighted by molar-refractivity contribution is 5.86. The smallest absolute Gasteiger partial charge is 0.169 e. The van der Waals surface area contributed by atoms with Gasteiger partial charge in [-0.25, -0.2) is 14.4 Å². The zero-order valence-electron chi connectivity index (χ0n) is 17.7. The van der Waals surface area contributed by atoms with Gasteiger partial charge in [0.15, 0.2) is 11.5 Å². The van der Waals surface area contributed by atoms with Crippen LogP contribution in [0.3, 0.4) is 0 Å². The predicted molar refractivity (Wildman–Crippen MR) is 118 cm³/mol. The lowest BCUT2D eigenvalue weighted by atomic mass is 9.72. The van der Waals surface area contributed by atoms with E-state index < -0.39 is 5.60 Å². The van der Waals surface area contributed by atoms with E-state index in [1.807, 2.05) is 29.7 Å². The molecule has 0 atom stereocenters. The third kappa shape index (κ3) is 3.52. The van der Waals surface area contributed by atoms with Crippen LogP contribution in [-0.4, -0.2) is 32.2 Å². The summed E-state index contributed by atoms with van der Waals surface area (Å²) in [6.07, 6.45) is 4.75. The van der Waals surface area contributed by atoms with Crippen LogP contribution in [0, 0.1) is 5.82 Å². The van der Waals surface area contributed by atoms with Gasteiger partial charge in [-0.15, -0.1) is 0 Å². The number of hydrogen-bond acceptors (Lipinski definition) is 6. The molecule has 1 saturated carbocycles. The lowest BCUT2D eigenvalue weighted by molar-refractivity contribution is -0.0335. The molecular formula is C24H23FN4O3. The van der Waals surface area contributed by atoms with Crippen molar-refractivity contribution >= 4 is 11.3 Å². The Morgan fingerprint density at radius 1 is 1.19 bits per heavy atom. The average molecular weight is 434 g/mol. The van der Waals surface area contributed by atoms with E-state index in [1.54, 1.807) is 31.5 Å². The number of nitrogens with zero attached hydrogens (tertiary/aromatic N) is 3. The number of halogens is 1. The molecule has 0 aliphatic heterocycles. The zero-order chi connectivity index (χ0) is 22.5. The van der Waals surface area contributed by atoms with Crippen molar-refractivity contribution in [2.75, 3.05) is 12.8 Å². The number of imidazole rings is 1. The van der Waals surface area contributed by atoms with E-state index in [2.05, 4.69) is 4.98 Å². The SMILES string of the molecule is COc1cc(-c2nc(C3CC(C)(O)C3)n3ccnc(N)c23)ccc1Oc1cccc(F)c1. The van der Waals surface area contributed by atoms with E-state index in [0.29, 0.717) is 47.1 Å².